The lowest BCUT2D eigenvalue weighted by Crippen LogP contribution is -2.14. The molecule has 7 nitrogen and oxygen atoms in total. The molecular weight excluding hydrogens is 425 g/mol. The average Bonchev–Trinajstić information content (AvgIpc) is 2.95. The van der Waals surface area contributed by atoms with Crippen LogP contribution in [0.1, 0.15) is 21.6 Å². The van der Waals surface area contributed by atoms with E-state index in [-0.39, 0.29) is 21.4 Å². The number of anilines is 2. The van der Waals surface area contributed by atoms with E-state index in [4.69, 9.17) is 27.7 Å². The number of hydrogen-bond acceptors (Lipinski definition) is 5. The third kappa shape index (κ3) is 4.30. The molecule has 0 aliphatic carbocycles. The number of nitrogens with one attached hydrogen (secondary N) is 2. The molecule has 0 unspecified atom stereocenters. The summed E-state index contributed by atoms with van der Waals surface area (Å²) in [4.78, 5) is 12.3. The van der Waals surface area contributed by atoms with E-state index < -0.39 is 15.9 Å². The Labute approximate surface area is 171 Å². The quantitative estimate of drug-likeness (QED) is 0.602. The van der Waals surface area contributed by atoms with Gasteiger partial charge < -0.3 is 9.84 Å². The normalized spacial score (nSPS) is 11.3. The Morgan fingerprint density at radius 1 is 1.07 bits per heavy atom. The van der Waals surface area contributed by atoms with E-state index in [1.54, 1.807) is 19.9 Å². The summed E-state index contributed by atoms with van der Waals surface area (Å²) < 4.78 is 32.3. The molecule has 10 heteroatoms. The van der Waals surface area contributed by atoms with Crippen LogP contribution in [0.15, 0.2) is 51.9 Å². The Morgan fingerprint density at radius 2 is 1.75 bits per heavy atom. The van der Waals surface area contributed by atoms with Crippen molar-refractivity contribution in [3.05, 3.63) is 69.3 Å². The highest BCUT2D eigenvalue weighted by atomic mass is 35.5. The Morgan fingerprint density at radius 3 is 2.36 bits per heavy atom. The predicted octanol–water partition coefficient (Wildman–Crippen LogP) is 4.65. The number of aromatic nitrogens is 1. The van der Waals surface area contributed by atoms with Crippen molar-refractivity contribution in [1.82, 2.24) is 5.16 Å². The fourth-order valence-electron chi connectivity index (χ4n) is 2.28. The third-order valence-electron chi connectivity index (χ3n) is 3.98. The summed E-state index contributed by atoms with van der Waals surface area (Å²) in [6.45, 7) is 3.41. The number of aryl methyl sites for hydroxylation is 1. The van der Waals surface area contributed by atoms with E-state index in [1.807, 2.05) is 0 Å². The molecule has 2 N–H and O–H groups in total. The highest BCUT2D eigenvalue weighted by Crippen LogP contribution is 2.24. The van der Waals surface area contributed by atoms with E-state index in [0.717, 1.165) is 0 Å². The summed E-state index contributed by atoms with van der Waals surface area (Å²) in [5.74, 6) is -0.403. The molecule has 146 valence electrons. The zero-order valence-corrected chi connectivity index (χ0v) is 17.1. The van der Waals surface area contributed by atoms with E-state index in [2.05, 4.69) is 15.2 Å². The molecular formula is C18H15Cl2N3O4S. The molecule has 0 aliphatic heterocycles. The van der Waals surface area contributed by atoms with Gasteiger partial charge in [0.1, 0.15) is 0 Å². The number of carbonyl (C=O) groups is 1. The third-order valence-corrected chi connectivity index (χ3v) is 5.89. The first kappa shape index (κ1) is 20.2. The molecule has 0 saturated heterocycles. The van der Waals surface area contributed by atoms with E-state index >= 15 is 0 Å². The van der Waals surface area contributed by atoms with Gasteiger partial charge in [-0.3, -0.25) is 4.79 Å². The number of amides is 1. The molecule has 3 rings (SSSR count). The molecule has 0 spiro atoms. The fraction of sp³-hybridized carbons (Fsp3) is 0.111. The van der Waals surface area contributed by atoms with Gasteiger partial charge in [0.15, 0.2) is 0 Å². The summed E-state index contributed by atoms with van der Waals surface area (Å²) in [7, 11) is -3.87. The maximum atomic E-state index is 12.5. The van der Waals surface area contributed by atoms with Crippen molar-refractivity contribution < 1.29 is 17.7 Å². The SMILES string of the molecule is Cc1noc(NS(=O)(=O)c2ccc(NC(=O)c3cc(Cl)ccc3Cl)cc2)c1C. The Bertz CT molecular complexity index is 1140. The van der Waals surface area contributed by atoms with Crippen LogP contribution in [0.5, 0.6) is 0 Å². The number of halogens is 2. The maximum Gasteiger partial charge on any atom is 0.264 e. The molecule has 1 aromatic heterocycles. The summed E-state index contributed by atoms with van der Waals surface area (Å²) in [5.41, 5.74) is 1.80. The number of carbonyl (C=O) groups excluding carboxylic acids is 1. The van der Waals surface area contributed by atoms with Crippen LogP contribution >= 0.6 is 23.2 Å². The first-order valence-corrected chi connectivity index (χ1v) is 10.2. The number of rotatable bonds is 5. The van der Waals surface area contributed by atoms with Gasteiger partial charge in [0.2, 0.25) is 5.88 Å². The molecule has 3 aromatic rings. The van der Waals surface area contributed by atoms with Crippen molar-refractivity contribution in [3.63, 3.8) is 0 Å². The Balaban J connectivity index is 1.76. The summed E-state index contributed by atoms with van der Waals surface area (Å²) in [6.07, 6.45) is 0. The van der Waals surface area contributed by atoms with Crippen LogP contribution < -0.4 is 10.0 Å². The molecule has 28 heavy (non-hydrogen) atoms. The second-order valence-electron chi connectivity index (χ2n) is 5.93. The lowest BCUT2D eigenvalue weighted by Gasteiger charge is -2.09. The van der Waals surface area contributed by atoms with Gasteiger partial charge in [-0.15, -0.1) is 0 Å². The minimum atomic E-state index is -3.87. The molecule has 0 bridgehead atoms. The zero-order chi connectivity index (χ0) is 20.5. The van der Waals surface area contributed by atoms with Gasteiger partial charge >= 0.3 is 0 Å². The van der Waals surface area contributed by atoms with Crippen molar-refractivity contribution in [2.45, 2.75) is 18.7 Å². The smallest absolute Gasteiger partial charge is 0.264 e. The van der Waals surface area contributed by atoms with Gasteiger partial charge in [-0.25, -0.2) is 13.1 Å². The highest BCUT2D eigenvalue weighted by Gasteiger charge is 2.19. The minimum Gasteiger partial charge on any atom is -0.337 e. The second-order valence-corrected chi connectivity index (χ2v) is 8.46. The molecule has 0 radical (unpaired) electrons. The number of benzene rings is 2. The van der Waals surface area contributed by atoms with Crippen LogP contribution in [0.2, 0.25) is 10.0 Å². The van der Waals surface area contributed by atoms with Crippen LogP contribution in [0.4, 0.5) is 11.6 Å². The van der Waals surface area contributed by atoms with Crippen LogP contribution in [0, 0.1) is 13.8 Å². The van der Waals surface area contributed by atoms with Crippen molar-refractivity contribution in [1.29, 1.82) is 0 Å². The molecule has 0 aliphatic rings. The first-order chi connectivity index (χ1) is 13.2. The monoisotopic (exact) mass is 439 g/mol. The van der Waals surface area contributed by atoms with Gasteiger partial charge in [0.05, 0.1) is 21.2 Å². The summed E-state index contributed by atoms with van der Waals surface area (Å²) in [6, 6.07) is 10.2. The van der Waals surface area contributed by atoms with Crippen molar-refractivity contribution >= 4 is 50.7 Å². The van der Waals surface area contributed by atoms with Gasteiger partial charge in [-0.05, 0) is 56.3 Å². The number of sulfonamides is 1. The van der Waals surface area contributed by atoms with Crippen molar-refractivity contribution in [2.75, 3.05) is 10.0 Å². The summed E-state index contributed by atoms with van der Waals surface area (Å²) in [5, 5.41) is 6.98. The van der Waals surface area contributed by atoms with Gasteiger partial charge in [0, 0.05) is 16.3 Å². The van der Waals surface area contributed by atoms with E-state index in [0.29, 0.717) is 22.0 Å². The lowest BCUT2D eigenvalue weighted by molar-refractivity contribution is 0.102. The zero-order valence-electron chi connectivity index (χ0n) is 14.8. The minimum absolute atomic E-state index is 0.000241. The molecule has 2 aromatic carbocycles. The molecule has 0 saturated carbocycles. The van der Waals surface area contributed by atoms with Crippen LogP contribution in [-0.4, -0.2) is 19.5 Å². The lowest BCUT2D eigenvalue weighted by atomic mass is 10.2. The topological polar surface area (TPSA) is 101 Å². The highest BCUT2D eigenvalue weighted by molar-refractivity contribution is 7.92. The van der Waals surface area contributed by atoms with Gasteiger partial charge in [0.25, 0.3) is 15.9 Å². The average molecular weight is 440 g/mol. The van der Waals surface area contributed by atoms with Crippen molar-refractivity contribution in [2.24, 2.45) is 0 Å². The Kier molecular flexibility index (Phi) is 5.64. The maximum absolute atomic E-state index is 12.5. The predicted molar refractivity (Wildman–Crippen MR) is 108 cm³/mol. The molecule has 0 atom stereocenters. The number of nitrogens with zero attached hydrogens (tertiary/aromatic N) is 1. The molecule has 1 amide bonds. The fourth-order valence-corrected chi connectivity index (χ4v) is 3.70. The standard InChI is InChI=1S/C18H15Cl2N3O4S/c1-10-11(2)22-27-18(10)23-28(25,26)14-6-4-13(5-7-14)21-17(24)15-9-12(19)3-8-16(15)20/h3-9,23H,1-2H3,(H,21,24). The van der Waals surface area contributed by atoms with E-state index in [1.165, 1.54) is 36.4 Å². The second kappa shape index (κ2) is 7.83. The first-order valence-electron chi connectivity index (χ1n) is 7.99. The van der Waals surface area contributed by atoms with Crippen molar-refractivity contribution in [3.8, 4) is 0 Å². The number of hydrogen-bond donors (Lipinski definition) is 2. The van der Waals surface area contributed by atoms with Crippen LogP contribution in [-0.2, 0) is 10.0 Å². The molecule has 0 fully saturated rings. The largest absolute Gasteiger partial charge is 0.337 e. The molecule has 1 heterocycles. The van der Waals surface area contributed by atoms with Gasteiger partial charge in [-0.1, -0.05) is 28.4 Å². The van der Waals surface area contributed by atoms with Gasteiger partial charge in [-0.2, -0.15) is 0 Å². The summed E-state index contributed by atoms with van der Waals surface area (Å²) >= 11 is 11.9. The van der Waals surface area contributed by atoms with Crippen LogP contribution in [0.3, 0.4) is 0 Å². The van der Waals surface area contributed by atoms with Crippen LogP contribution in [0.25, 0.3) is 0 Å². The Hall–Kier alpha value is -2.55. The van der Waals surface area contributed by atoms with E-state index in [9.17, 15) is 13.2 Å².